The van der Waals surface area contributed by atoms with E-state index in [1.54, 1.807) is 6.92 Å². The van der Waals surface area contributed by atoms with Crippen molar-refractivity contribution in [1.29, 1.82) is 0 Å². The van der Waals surface area contributed by atoms with Crippen LogP contribution in [0.5, 0.6) is 0 Å². The summed E-state index contributed by atoms with van der Waals surface area (Å²) in [4.78, 5) is 35.9. The van der Waals surface area contributed by atoms with Gasteiger partial charge in [-0.1, -0.05) is 32.4 Å². The number of ether oxygens (including phenoxy) is 2. The average molecular weight is 348 g/mol. The molecule has 0 aromatic carbocycles. The monoisotopic (exact) mass is 348 g/mol. The van der Waals surface area contributed by atoms with Gasteiger partial charge in [0.05, 0.1) is 17.8 Å². The Morgan fingerprint density at radius 1 is 1.48 bits per heavy atom. The number of hydrogen-bond acceptors (Lipinski definition) is 5. The van der Waals surface area contributed by atoms with Gasteiger partial charge in [-0.3, -0.25) is 14.4 Å². The van der Waals surface area contributed by atoms with Gasteiger partial charge in [-0.15, -0.1) is 0 Å². The molecule has 0 aromatic heterocycles. The van der Waals surface area contributed by atoms with Crippen LogP contribution in [0.15, 0.2) is 23.3 Å². The zero-order valence-electron chi connectivity index (χ0n) is 15.5. The van der Waals surface area contributed by atoms with Gasteiger partial charge in [-0.25, -0.2) is 0 Å². The molecule has 25 heavy (non-hydrogen) atoms. The number of allylic oxidation sites excluding steroid dienone is 2. The highest BCUT2D eigenvalue weighted by atomic mass is 16.6. The van der Waals surface area contributed by atoms with E-state index in [0.717, 1.165) is 24.7 Å². The third-order valence-corrected chi connectivity index (χ3v) is 5.27. The first kappa shape index (κ1) is 19.4. The lowest BCUT2D eigenvalue weighted by atomic mass is 9.82. The molecule has 0 N–H and O–H groups in total. The first-order valence-electron chi connectivity index (χ1n) is 9.09. The molecule has 138 valence electrons. The topological polar surface area (TPSA) is 69.7 Å². The molecule has 1 fully saturated rings. The molecule has 5 atom stereocenters. The SMILES string of the molecule is CCC(C)C(=O)OC1CC(C=O)=CCCC(C)=CC2OC(=O)C(C)C21. The van der Waals surface area contributed by atoms with Gasteiger partial charge < -0.3 is 9.47 Å². The summed E-state index contributed by atoms with van der Waals surface area (Å²) in [7, 11) is 0. The van der Waals surface area contributed by atoms with Crippen molar-refractivity contribution in [3.63, 3.8) is 0 Å². The Kier molecular flexibility index (Phi) is 6.57. The van der Waals surface area contributed by atoms with Gasteiger partial charge in [0.2, 0.25) is 0 Å². The second-order valence-corrected chi connectivity index (χ2v) is 7.20. The minimum Gasteiger partial charge on any atom is -0.461 e. The maximum atomic E-state index is 12.4. The molecular weight excluding hydrogens is 320 g/mol. The van der Waals surface area contributed by atoms with Crippen LogP contribution in [0.25, 0.3) is 0 Å². The summed E-state index contributed by atoms with van der Waals surface area (Å²) >= 11 is 0. The fourth-order valence-corrected chi connectivity index (χ4v) is 3.39. The van der Waals surface area contributed by atoms with Crippen molar-refractivity contribution in [2.75, 3.05) is 0 Å². The molecule has 1 aliphatic heterocycles. The van der Waals surface area contributed by atoms with E-state index in [1.165, 1.54) is 0 Å². The van der Waals surface area contributed by atoms with Gasteiger partial charge in [0.15, 0.2) is 0 Å². The molecule has 2 rings (SSSR count). The lowest BCUT2D eigenvalue weighted by Gasteiger charge is -2.29. The van der Waals surface area contributed by atoms with Crippen LogP contribution in [-0.2, 0) is 23.9 Å². The molecule has 1 heterocycles. The average Bonchev–Trinajstić information content (AvgIpc) is 2.85. The standard InChI is InChI=1S/C20H28O5/c1-5-13(3)19(22)24-17-10-15(11-21)8-6-7-12(2)9-16-18(17)14(4)20(23)25-16/h8-9,11,13-14,16-18H,5-7,10H2,1-4H3. The van der Waals surface area contributed by atoms with Crippen LogP contribution >= 0.6 is 0 Å². The zero-order chi connectivity index (χ0) is 18.6. The van der Waals surface area contributed by atoms with Gasteiger partial charge >= 0.3 is 11.9 Å². The van der Waals surface area contributed by atoms with E-state index >= 15 is 0 Å². The van der Waals surface area contributed by atoms with E-state index in [2.05, 4.69) is 0 Å². The van der Waals surface area contributed by atoms with Crippen molar-refractivity contribution in [1.82, 2.24) is 0 Å². The van der Waals surface area contributed by atoms with E-state index in [1.807, 2.05) is 32.9 Å². The van der Waals surface area contributed by atoms with Gasteiger partial charge in [0, 0.05) is 6.42 Å². The second kappa shape index (κ2) is 8.45. The van der Waals surface area contributed by atoms with Crippen LogP contribution in [-0.4, -0.2) is 30.4 Å². The lowest BCUT2D eigenvalue weighted by Crippen LogP contribution is -2.37. The van der Waals surface area contributed by atoms with Crippen LogP contribution in [0.3, 0.4) is 0 Å². The minimum absolute atomic E-state index is 0.219. The summed E-state index contributed by atoms with van der Waals surface area (Å²) < 4.78 is 11.3. The maximum absolute atomic E-state index is 12.4. The summed E-state index contributed by atoms with van der Waals surface area (Å²) in [5, 5.41) is 0. The fraction of sp³-hybridized carbons (Fsp3) is 0.650. The van der Waals surface area contributed by atoms with Gasteiger partial charge in [-0.2, -0.15) is 0 Å². The Labute approximate surface area is 149 Å². The predicted octanol–water partition coefficient (Wildman–Crippen LogP) is 3.38. The summed E-state index contributed by atoms with van der Waals surface area (Å²) in [5.74, 6) is -1.45. The zero-order valence-corrected chi connectivity index (χ0v) is 15.5. The molecule has 0 amide bonds. The number of fused-ring (bicyclic) bond motifs is 1. The Bertz CT molecular complexity index is 589. The first-order valence-corrected chi connectivity index (χ1v) is 9.09. The van der Waals surface area contributed by atoms with Gasteiger partial charge in [0.25, 0.3) is 0 Å². The van der Waals surface area contributed by atoms with Gasteiger partial charge in [-0.05, 0) is 37.8 Å². The molecule has 0 spiro atoms. The number of rotatable bonds is 4. The molecule has 1 aliphatic carbocycles. The Morgan fingerprint density at radius 3 is 2.84 bits per heavy atom. The van der Waals surface area contributed by atoms with Crippen LogP contribution in [0.1, 0.15) is 53.4 Å². The molecule has 0 bridgehead atoms. The Morgan fingerprint density at radius 2 is 2.20 bits per heavy atom. The molecule has 0 aromatic rings. The van der Waals surface area contributed by atoms with Crippen molar-refractivity contribution >= 4 is 18.2 Å². The molecule has 2 aliphatic rings. The molecule has 0 radical (unpaired) electrons. The van der Waals surface area contributed by atoms with Crippen LogP contribution < -0.4 is 0 Å². The van der Waals surface area contributed by atoms with E-state index < -0.39 is 12.2 Å². The fourth-order valence-electron chi connectivity index (χ4n) is 3.39. The highest BCUT2D eigenvalue weighted by Gasteiger charge is 2.47. The lowest BCUT2D eigenvalue weighted by molar-refractivity contribution is -0.157. The maximum Gasteiger partial charge on any atom is 0.309 e. The van der Waals surface area contributed by atoms with E-state index in [0.29, 0.717) is 18.4 Å². The number of carbonyl (C=O) groups is 3. The summed E-state index contributed by atoms with van der Waals surface area (Å²) in [6, 6.07) is 0. The molecule has 5 unspecified atom stereocenters. The number of esters is 2. The molecule has 0 saturated carbocycles. The number of aldehydes is 1. The summed E-state index contributed by atoms with van der Waals surface area (Å²) in [5.41, 5.74) is 1.72. The summed E-state index contributed by atoms with van der Waals surface area (Å²) in [6.45, 7) is 7.54. The molecule has 5 nitrogen and oxygen atoms in total. The second-order valence-electron chi connectivity index (χ2n) is 7.20. The molecule has 1 saturated heterocycles. The van der Waals surface area contributed by atoms with Crippen molar-refractivity contribution in [3.8, 4) is 0 Å². The largest absolute Gasteiger partial charge is 0.461 e. The quantitative estimate of drug-likeness (QED) is 0.442. The Hall–Kier alpha value is -1.91. The first-order chi connectivity index (χ1) is 11.9. The highest BCUT2D eigenvalue weighted by molar-refractivity contribution is 5.77. The Balaban J connectivity index is 2.37. The minimum atomic E-state index is -0.549. The number of hydrogen-bond donors (Lipinski definition) is 0. The highest BCUT2D eigenvalue weighted by Crippen LogP contribution is 2.37. The predicted molar refractivity (Wildman–Crippen MR) is 93.6 cm³/mol. The van der Waals surface area contributed by atoms with Crippen LogP contribution in [0.2, 0.25) is 0 Å². The van der Waals surface area contributed by atoms with E-state index in [9.17, 15) is 14.4 Å². The van der Waals surface area contributed by atoms with E-state index in [-0.39, 0.29) is 29.7 Å². The van der Waals surface area contributed by atoms with Crippen LogP contribution in [0, 0.1) is 17.8 Å². The van der Waals surface area contributed by atoms with Crippen molar-refractivity contribution in [3.05, 3.63) is 23.3 Å². The molecular formula is C20H28O5. The molecule has 5 heteroatoms. The third-order valence-electron chi connectivity index (χ3n) is 5.27. The van der Waals surface area contributed by atoms with Crippen molar-refractivity contribution < 1.29 is 23.9 Å². The normalized spacial score (nSPS) is 31.1. The smallest absolute Gasteiger partial charge is 0.309 e. The number of carbonyl (C=O) groups excluding carboxylic acids is 3. The summed E-state index contributed by atoms with van der Waals surface area (Å²) in [6.07, 6.45) is 6.28. The third kappa shape index (κ3) is 4.59. The van der Waals surface area contributed by atoms with Gasteiger partial charge in [0.1, 0.15) is 18.5 Å². The van der Waals surface area contributed by atoms with E-state index in [4.69, 9.17) is 9.47 Å². The van der Waals surface area contributed by atoms with Crippen molar-refractivity contribution in [2.45, 2.75) is 65.6 Å². The van der Waals surface area contributed by atoms with Crippen LogP contribution in [0.4, 0.5) is 0 Å². The van der Waals surface area contributed by atoms with Crippen molar-refractivity contribution in [2.24, 2.45) is 17.8 Å².